The van der Waals surface area contributed by atoms with Gasteiger partial charge in [0.1, 0.15) is 5.58 Å². The number of benzene rings is 2. The molecule has 2 amide bonds. The van der Waals surface area contributed by atoms with Crippen molar-refractivity contribution in [1.82, 2.24) is 10.3 Å². The van der Waals surface area contributed by atoms with Gasteiger partial charge < -0.3 is 9.32 Å². The Hall–Kier alpha value is -3.17. The number of hydrogen-bond donors (Lipinski definition) is 2. The van der Waals surface area contributed by atoms with Crippen LogP contribution in [0.15, 0.2) is 51.8 Å². The summed E-state index contributed by atoms with van der Waals surface area (Å²) in [4.78, 5) is 28.1. The Labute approximate surface area is 173 Å². The van der Waals surface area contributed by atoms with Crippen LogP contribution in [0.25, 0.3) is 11.0 Å². The highest BCUT2D eigenvalue weighted by Crippen LogP contribution is 2.33. The maximum absolute atomic E-state index is 12.7. The summed E-state index contributed by atoms with van der Waals surface area (Å²) in [7, 11) is -4.01. The van der Waals surface area contributed by atoms with Crippen molar-refractivity contribution >= 4 is 38.5 Å². The number of carbonyl (C=O) groups is 2. The highest BCUT2D eigenvalue weighted by molar-refractivity contribution is 7.89. The molecule has 2 heterocycles. The van der Waals surface area contributed by atoms with Crippen molar-refractivity contribution in [3.63, 3.8) is 0 Å². The number of nitrogens with zero attached hydrogens (tertiary/aromatic N) is 1. The van der Waals surface area contributed by atoms with E-state index >= 15 is 0 Å². The van der Waals surface area contributed by atoms with Crippen molar-refractivity contribution in [1.29, 1.82) is 0 Å². The fourth-order valence-electron chi connectivity index (χ4n) is 3.87. The molecule has 2 N–H and O–H groups in total. The van der Waals surface area contributed by atoms with E-state index in [9.17, 15) is 18.0 Å². The molecule has 0 radical (unpaired) electrons. The molecular weight excluding hydrogens is 406 g/mol. The summed E-state index contributed by atoms with van der Waals surface area (Å²) in [6.07, 6.45) is 0.558. The van der Waals surface area contributed by atoms with Crippen molar-refractivity contribution in [3.05, 3.63) is 59.4 Å². The Morgan fingerprint density at radius 1 is 1.17 bits per heavy atom. The van der Waals surface area contributed by atoms with Gasteiger partial charge in [-0.3, -0.25) is 15.0 Å². The third-order valence-corrected chi connectivity index (χ3v) is 6.51. The Bertz CT molecular complexity index is 1280. The van der Waals surface area contributed by atoms with E-state index in [0.29, 0.717) is 23.3 Å². The first-order chi connectivity index (χ1) is 14.2. The predicted octanol–water partition coefficient (Wildman–Crippen LogP) is 2.66. The Morgan fingerprint density at radius 3 is 2.60 bits per heavy atom. The van der Waals surface area contributed by atoms with Gasteiger partial charge in [-0.15, -0.1) is 4.83 Å². The van der Waals surface area contributed by atoms with Gasteiger partial charge in [0.2, 0.25) is 5.91 Å². The second-order valence-electron chi connectivity index (χ2n) is 7.34. The van der Waals surface area contributed by atoms with Crippen LogP contribution in [0.3, 0.4) is 0 Å². The molecule has 3 aromatic rings. The van der Waals surface area contributed by atoms with E-state index in [4.69, 9.17) is 4.42 Å². The number of anilines is 1. The molecule has 0 spiro atoms. The number of furan rings is 1. The van der Waals surface area contributed by atoms with Crippen molar-refractivity contribution in [3.8, 4) is 0 Å². The van der Waals surface area contributed by atoms with Crippen molar-refractivity contribution in [2.45, 2.75) is 38.1 Å². The van der Waals surface area contributed by atoms with Gasteiger partial charge in [0.25, 0.3) is 10.0 Å². The molecule has 4 rings (SSSR count). The topological polar surface area (TPSA) is 109 Å². The van der Waals surface area contributed by atoms with Crippen LogP contribution in [0.5, 0.6) is 0 Å². The Kier molecular flexibility index (Phi) is 4.87. The lowest BCUT2D eigenvalue weighted by Crippen LogP contribution is -2.41. The molecule has 0 fully saturated rings. The van der Waals surface area contributed by atoms with Crippen molar-refractivity contribution in [2.75, 3.05) is 4.90 Å². The number of hydrazine groups is 1. The number of aryl methyl sites for hydroxylation is 1. The Morgan fingerprint density at radius 2 is 1.90 bits per heavy atom. The third-order valence-electron chi connectivity index (χ3n) is 5.26. The predicted molar refractivity (Wildman–Crippen MR) is 112 cm³/mol. The van der Waals surface area contributed by atoms with E-state index in [1.54, 1.807) is 30.0 Å². The van der Waals surface area contributed by atoms with E-state index < -0.39 is 15.9 Å². The van der Waals surface area contributed by atoms with Crippen LogP contribution >= 0.6 is 0 Å². The average molecular weight is 427 g/mol. The van der Waals surface area contributed by atoms with Crippen LogP contribution < -0.4 is 15.2 Å². The van der Waals surface area contributed by atoms with Gasteiger partial charge in [0, 0.05) is 29.6 Å². The molecule has 1 atom stereocenters. The first kappa shape index (κ1) is 20.1. The summed E-state index contributed by atoms with van der Waals surface area (Å²) in [5, 5.41) is 0.785. The summed E-state index contributed by atoms with van der Waals surface area (Å²) in [5.41, 5.74) is 4.85. The summed E-state index contributed by atoms with van der Waals surface area (Å²) in [6.45, 7) is 5.12. The van der Waals surface area contributed by atoms with Crippen LogP contribution in [0.2, 0.25) is 0 Å². The second-order valence-corrected chi connectivity index (χ2v) is 9.03. The fraction of sp³-hybridized carbons (Fsp3) is 0.238. The zero-order valence-corrected chi connectivity index (χ0v) is 17.5. The highest BCUT2D eigenvalue weighted by atomic mass is 32.2. The van der Waals surface area contributed by atoms with E-state index in [1.807, 2.05) is 19.1 Å². The molecule has 1 aliphatic rings. The second kappa shape index (κ2) is 7.26. The van der Waals surface area contributed by atoms with E-state index in [-0.39, 0.29) is 22.6 Å². The summed E-state index contributed by atoms with van der Waals surface area (Å²) < 4.78 is 30.9. The minimum atomic E-state index is -4.01. The summed E-state index contributed by atoms with van der Waals surface area (Å²) >= 11 is 0. The van der Waals surface area contributed by atoms with Crippen LogP contribution in [0, 0.1) is 6.92 Å². The number of fused-ring (bicyclic) bond motifs is 2. The number of rotatable bonds is 4. The molecule has 0 aliphatic carbocycles. The molecule has 9 heteroatoms. The normalized spacial score (nSPS) is 16.0. The first-order valence-corrected chi connectivity index (χ1v) is 10.9. The van der Waals surface area contributed by atoms with E-state index in [0.717, 1.165) is 10.9 Å². The van der Waals surface area contributed by atoms with E-state index in [2.05, 4.69) is 10.3 Å². The summed E-state index contributed by atoms with van der Waals surface area (Å²) in [6, 6.07) is 11.7. The van der Waals surface area contributed by atoms with Crippen LogP contribution in [0.4, 0.5) is 5.69 Å². The van der Waals surface area contributed by atoms with Crippen LogP contribution in [-0.2, 0) is 21.2 Å². The van der Waals surface area contributed by atoms with Gasteiger partial charge in [-0.1, -0.05) is 18.2 Å². The van der Waals surface area contributed by atoms with Gasteiger partial charge in [0.15, 0.2) is 5.76 Å². The Balaban J connectivity index is 1.54. The molecule has 0 saturated carbocycles. The highest BCUT2D eigenvalue weighted by Gasteiger charge is 2.30. The molecule has 0 saturated heterocycles. The molecular formula is C21H21N3O5S. The lowest BCUT2D eigenvalue weighted by molar-refractivity contribution is -0.116. The standard InChI is InChI=1S/C21H21N3O5S/c1-12-10-15-11-16(8-9-18(15)24(12)14(3)25)30(27,28)23-22-21(26)20-13(2)17-6-4-5-7-19(17)29-20/h4-9,11-12,23H,10H2,1-3H3,(H,22,26). The molecule has 156 valence electrons. The zero-order valence-electron chi connectivity index (χ0n) is 16.7. The number of nitrogens with one attached hydrogen (secondary N) is 2. The molecule has 1 unspecified atom stereocenters. The van der Waals surface area contributed by atoms with Crippen LogP contribution in [-0.4, -0.2) is 26.3 Å². The molecule has 1 aromatic heterocycles. The molecule has 8 nitrogen and oxygen atoms in total. The SMILES string of the molecule is CC(=O)N1c2ccc(S(=O)(=O)NNC(=O)c3oc4ccccc4c3C)cc2CC1C. The maximum atomic E-state index is 12.7. The molecule has 30 heavy (non-hydrogen) atoms. The number of sulfonamides is 1. The molecule has 0 bridgehead atoms. The quantitative estimate of drug-likeness (QED) is 0.622. The van der Waals surface area contributed by atoms with E-state index in [1.165, 1.54) is 19.1 Å². The molecule has 2 aromatic carbocycles. The number of amides is 2. The first-order valence-electron chi connectivity index (χ1n) is 9.42. The van der Waals surface area contributed by atoms with Gasteiger partial charge in [-0.25, -0.2) is 8.42 Å². The van der Waals surface area contributed by atoms with Crippen molar-refractivity contribution < 1.29 is 22.4 Å². The lowest BCUT2D eigenvalue weighted by atomic mass is 10.1. The fourth-order valence-corrected chi connectivity index (χ4v) is 4.76. The van der Waals surface area contributed by atoms with Gasteiger partial charge in [-0.2, -0.15) is 0 Å². The summed E-state index contributed by atoms with van der Waals surface area (Å²) in [5.74, 6) is -0.743. The number of para-hydroxylation sites is 1. The minimum Gasteiger partial charge on any atom is -0.451 e. The van der Waals surface area contributed by atoms with Gasteiger partial charge in [-0.05, 0) is 50.1 Å². The third kappa shape index (κ3) is 3.35. The largest absolute Gasteiger partial charge is 0.451 e. The monoisotopic (exact) mass is 427 g/mol. The maximum Gasteiger partial charge on any atom is 0.302 e. The number of carbonyl (C=O) groups excluding carboxylic acids is 2. The minimum absolute atomic E-state index is 0.000444. The van der Waals surface area contributed by atoms with Crippen LogP contribution in [0.1, 0.15) is 35.5 Å². The van der Waals surface area contributed by atoms with Crippen molar-refractivity contribution in [2.24, 2.45) is 0 Å². The lowest BCUT2D eigenvalue weighted by Gasteiger charge is -2.20. The van der Waals surface area contributed by atoms with Gasteiger partial charge in [0.05, 0.1) is 4.90 Å². The van der Waals surface area contributed by atoms with Gasteiger partial charge >= 0.3 is 5.91 Å². The smallest absolute Gasteiger partial charge is 0.302 e. The average Bonchev–Trinajstić information content (AvgIpc) is 3.22. The number of hydrogen-bond acceptors (Lipinski definition) is 5. The molecule has 1 aliphatic heterocycles. The zero-order chi connectivity index (χ0) is 21.6.